The zero-order chi connectivity index (χ0) is 20.2. The fourth-order valence-corrected chi connectivity index (χ4v) is 4.63. The van der Waals surface area contributed by atoms with Gasteiger partial charge < -0.3 is 15.0 Å². The van der Waals surface area contributed by atoms with Gasteiger partial charge in [0.1, 0.15) is 5.75 Å². The summed E-state index contributed by atoms with van der Waals surface area (Å²) in [5.74, 6) is 0.770. The number of rotatable bonds is 5. The topological polar surface area (TPSA) is 58.6 Å². The van der Waals surface area contributed by atoms with Crippen LogP contribution in [0.1, 0.15) is 40.5 Å². The molecule has 3 aromatic rings. The largest absolute Gasteiger partial charge is 0.494 e. The second kappa shape index (κ2) is 8.66. The Morgan fingerprint density at radius 1 is 1.10 bits per heavy atom. The Labute approximate surface area is 174 Å². The van der Waals surface area contributed by atoms with Gasteiger partial charge >= 0.3 is 0 Å². The number of carbonyl (C=O) groups is 2. The zero-order valence-corrected chi connectivity index (χ0v) is 17.2. The molecule has 0 aliphatic carbocycles. The van der Waals surface area contributed by atoms with Gasteiger partial charge in [-0.2, -0.15) is 0 Å². The van der Waals surface area contributed by atoms with Crippen LogP contribution in [-0.2, 0) is 0 Å². The third-order valence-electron chi connectivity index (χ3n) is 5.26. The molecule has 1 aromatic heterocycles. The highest BCUT2D eigenvalue weighted by Gasteiger charge is 2.25. The molecule has 2 heterocycles. The quantitative estimate of drug-likeness (QED) is 0.683. The van der Waals surface area contributed by atoms with E-state index in [0.29, 0.717) is 25.3 Å². The first-order chi connectivity index (χ1) is 14.2. The summed E-state index contributed by atoms with van der Waals surface area (Å²) >= 11 is 1.59. The van der Waals surface area contributed by atoms with Crippen LogP contribution in [0.5, 0.6) is 5.75 Å². The molecule has 2 amide bonds. The second-order valence-electron chi connectivity index (χ2n) is 7.14. The molecule has 1 aliphatic rings. The van der Waals surface area contributed by atoms with E-state index in [2.05, 4.69) is 5.32 Å². The number of nitrogens with one attached hydrogen (secondary N) is 1. The number of ether oxygens (including phenoxy) is 1. The van der Waals surface area contributed by atoms with Gasteiger partial charge in [-0.05, 0) is 50.1 Å². The molecular formula is C23H24N2O3S. The van der Waals surface area contributed by atoms with Crippen molar-refractivity contribution in [2.24, 2.45) is 0 Å². The van der Waals surface area contributed by atoms with Gasteiger partial charge in [-0.3, -0.25) is 9.59 Å². The maximum atomic E-state index is 12.7. The summed E-state index contributed by atoms with van der Waals surface area (Å²) in [6.07, 6.45) is 1.52. The lowest BCUT2D eigenvalue weighted by atomic mass is 10.0. The predicted octanol–water partition coefficient (Wildman–Crippen LogP) is 4.33. The van der Waals surface area contributed by atoms with E-state index in [4.69, 9.17) is 4.74 Å². The predicted molar refractivity (Wildman–Crippen MR) is 116 cm³/mol. The maximum absolute atomic E-state index is 12.7. The van der Waals surface area contributed by atoms with Crippen molar-refractivity contribution in [1.82, 2.24) is 10.2 Å². The molecule has 0 atom stereocenters. The van der Waals surface area contributed by atoms with Crippen LogP contribution < -0.4 is 10.1 Å². The van der Waals surface area contributed by atoms with E-state index < -0.39 is 0 Å². The molecule has 0 spiro atoms. The van der Waals surface area contributed by atoms with Crippen LogP contribution in [0.15, 0.2) is 53.9 Å². The molecule has 2 aromatic carbocycles. The third kappa shape index (κ3) is 4.27. The van der Waals surface area contributed by atoms with Crippen molar-refractivity contribution in [2.75, 3.05) is 19.7 Å². The Morgan fingerprint density at radius 3 is 2.55 bits per heavy atom. The number of hydrogen-bond donors (Lipinski definition) is 1. The Morgan fingerprint density at radius 2 is 1.83 bits per heavy atom. The number of fused-ring (bicyclic) bond motifs is 1. The highest BCUT2D eigenvalue weighted by Crippen LogP contribution is 2.26. The molecule has 1 saturated heterocycles. The van der Waals surface area contributed by atoms with E-state index in [-0.39, 0.29) is 17.9 Å². The number of amides is 2. The maximum Gasteiger partial charge on any atom is 0.253 e. The Balaban J connectivity index is 1.33. The molecule has 0 bridgehead atoms. The summed E-state index contributed by atoms with van der Waals surface area (Å²) in [5, 5.41) is 6.07. The number of likely N-dealkylation sites (tertiary alicyclic amines) is 1. The summed E-state index contributed by atoms with van der Waals surface area (Å²) in [5.41, 5.74) is 1.40. The van der Waals surface area contributed by atoms with Crippen LogP contribution in [0.4, 0.5) is 0 Å². The van der Waals surface area contributed by atoms with Gasteiger partial charge in [0.15, 0.2) is 0 Å². The minimum absolute atomic E-state index is 0.0289. The third-order valence-corrected chi connectivity index (χ3v) is 6.22. The molecule has 5 nitrogen and oxygen atoms in total. The van der Waals surface area contributed by atoms with Gasteiger partial charge in [-0.1, -0.05) is 18.2 Å². The van der Waals surface area contributed by atoms with Crippen LogP contribution in [0.3, 0.4) is 0 Å². The average molecular weight is 409 g/mol. The van der Waals surface area contributed by atoms with Gasteiger partial charge in [-0.15, -0.1) is 11.3 Å². The van der Waals surface area contributed by atoms with Crippen molar-refractivity contribution >= 4 is 33.2 Å². The lowest BCUT2D eigenvalue weighted by molar-refractivity contribution is 0.0698. The highest BCUT2D eigenvalue weighted by molar-refractivity contribution is 7.17. The molecule has 4 rings (SSSR count). The zero-order valence-electron chi connectivity index (χ0n) is 16.4. The number of carbonyl (C=O) groups excluding carboxylic acids is 2. The minimum atomic E-state index is -0.0289. The molecule has 1 aliphatic heterocycles. The Kier molecular flexibility index (Phi) is 5.81. The van der Waals surface area contributed by atoms with Gasteiger partial charge in [0, 0.05) is 40.2 Å². The van der Waals surface area contributed by atoms with Crippen LogP contribution in [0.2, 0.25) is 0 Å². The van der Waals surface area contributed by atoms with E-state index in [1.54, 1.807) is 11.3 Å². The van der Waals surface area contributed by atoms with Crippen molar-refractivity contribution in [3.8, 4) is 5.75 Å². The van der Waals surface area contributed by atoms with Crippen LogP contribution in [-0.4, -0.2) is 42.5 Å². The number of hydrogen-bond acceptors (Lipinski definition) is 4. The summed E-state index contributed by atoms with van der Waals surface area (Å²) < 4.78 is 6.55. The summed E-state index contributed by atoms with van der Waals surface area (Å²) in [6, 6.07) is 15.3. The Bertz CT molecular complexity index is 1000. The minimum Gasteiger partial charge on any atom is -0.494 e. The van der Waals surface area contributed by atoms with E-state index in [1.807, 2.05) is 65.7 Å². The highest BCUT2D eigenvalue weighted by atomic mass is 32.1. The average Bonchev–Trinajstić information content (AvgIpc) is 3.19. The lowest BCUT2D eigenvalue weighted by Gasteiger charge is -2.32. The fourth-order valence-electron chi connectivity index (χ4n) is 3.69. The summed E-state index contributed by atoms with van der Waals surface area (Å²) in [6.45, 7) is 3.82. The van der Waals surface area contributed by atoms with E-state index >= 15 is 0 Å². The van der Waals surface area contributed by atoms with Crippen molar-refractivity contribution in [3.63, 3.8) is 0 Å². The van der Waals surface area contributed by atoms with Gasteiger partial charge in [-0.25, -0.2) is 0 Å². The number of nitrogens with zero attached hydrogens (tertiary/aromatic N) is 1. The first kappa shape index (κ1) is 19.5. The standard InChI is InChI=1S/C23H24N2O3S/c1-2-28-18-9-7-16(8-10-18)23(27)25-13-11-17(12-14-25)24-22(26)20-15-29-21-6-4-3-5-19(20)21/h3-10,15,17H,2,11-14H2,1H3,(H,24,26). The van der Waals surface area contributed by atoms with Crippen molar-refractivity contribution in [2.45, 2.75) is 25.8 Å². The smallest absolute Gasteiger partial charge is 0.253 e. The van der Waals surface area contributed by atoms with E-state index in [0.717, 1.165) is 34.2 Å². The number of benzene rings is 2. The summed E-state index contributed by atoms with van der Waals surface area (Å²) in [4.78, 5) is 27.3. The molecule has 29 heavy (non-hydrogen) atoms. The monoisotopic (exact) mass is 408 g/mol. The first-order valence-electron chi connectivity index (χ1n) is 9.95. The second-order valence-corrected chi connectivity index (χ2v) is 8.05. The number of thiophene rings is 1. The first-order valence-corrected chi connectivity index (χ1v) is 10.8. The molecule has 0 unspecified atom stereocenters. The molecule has 1 N–H and O–H groups in total. The van der Waals surface area contributed by atoms with Gasteiger partial charge in [0.05, 0.1) is 12.2 Å². The molecule has 0 saturated carbocycles. The fraction of sp³-hybridized carbons (Fsp3) is 0.304. The SMILES string of the molecule is CCOc1ccc(C(=O)N2CCC(NC(=O)c3csc4ccccc34)CC2)cc1. The molecular weight excluding hydrogens is 384 g/mol. The van der Waals surface area contributed by atoms with E-state index in [9.17, 15) is 9.59 Å². The lowest BCUT2D eigenvalue weighted by Crippen LogP contribution is -2.46. The molecule has 6 heteroatoms. The van der Waals surface area contributed by atoms with Crippen molar-refractivity contribution in [3.05, 3.63) is 65.0 Å². The molecule has 150 valence electrons. The number of piperidine rings is 1. The summed E-state index contributed by atoms with van der Waals surface area (Å²) in [7, 11) is 0. The molecule has 1 fully saturated rings. The van der Waals surface area contributed by atoms with Crippen molar-refractivity contribution in [1.29, 1.82) is 0 Å². The van der Waals surface area contributed by atoms with Gasteiger partial charge in [0.2, 0.25) is 0 Å². The van der Waals surface area contributed by atoms with Crippen LogP contribution in [0, 0.1) is 0 Å². The van der Waals surface area contributed by atoms with E-state index in [1.165, 1.54) is 0 Å². The van der Waals surface area contributed by atoms with Crippen LogP contribution in [0.25, 0.3) is 10.1 Å². The Hall–Kier alpha value is -2.86. The molecule has 0 radical (unpaired) electrons. The normalized spacial score (nSPS) is 14.7. The van der Waals surface area contributed by atoms with Crippen molar-refractivity contribution < 1.29 is 14.3 Å². The van der Waals surface area contributed by atoms with Gasteiger partial charge in [0.25, 0.3) is 11.8 Å². The van der Waals surface area contributed by atoms with Crippen LogP contribution >= 0.6 is 11.3 Å².